The van der Waals surface area contributed by atoms with Crippen molar-refractivity contribution in [3.05, 3.63) is 53.5 Å². The smallest absolute Gasteiger partial charge is 0.251 e. The maximum atomic E-state index is 12.7. The molecule has 29 heavy (non-hydrogen) atoms. The summed E-state index contributed by atoms with van der Waals surface area (Å²) in [4.78, 5) is 28.6. The molecular formula is C22H27N3O4. The summed E-state index contributed by atoms with van der Waals surface area (Å²) in [7, 11) is 0. The molecule has 0 unspecified atom stereocenters. The largest absolute Gasteiger partial charge is 0.465 e. The Hall–Kier alpha value is -2.64. The summed E-state index contributed by atoms with van der Waals surface area (Å²) < 4.78 is 11.3. The van der Waals surface area contributed by atoms with Crippen LogP contribution in [0.5, 0.6) is 0 Å². The average Bonchev–Trinajstić information content (AvgIpc) is 3.37. The standard InChI is InChI=1S/C22H27N3O4/c1-16-4-9-20(29-16)19(24-11-13-28-14-12-24)15-23-22(27)17-5-7-18(8-6-17)25-10-2-3-21(25)26/h4-9,19H,2-3,10-15H2,1H3,(H,23,27)/t19-/m0/s1. The van der Waals surface area contributed by atoms with Gasteiger partial charge in [0.25, 0.3) is 5.91 Å². The number of benzene rings is 1. The van der Waals surface area contributed by atoms with Crippen LogP contribution in [0.15, 0.2) is 40.8 Å². The van der Waals surface area contributed by atoms with Crippen LogP contribution in [0.4, 0.5) is 5.69 Å². The van der Waals surface area contributed by atoms with Gasteiger partial charge in [-0.05, 0) is 49.7 Å². The van der Waals surface area contributed by atoms with Crippen molar-refractivity contribution in [1.29, 1.82) is 0 Å². The Kier molecular flexibility index (Phi) is 5.97. The summed E-state index contributed by atoms with van der Waals surface area (Å²) in [5.41, 5.74) is 1.43. The van der Waals surface area contributed by atoms with Crippen LogP contribution < -0.4 is 10.2 Å². The van der Waals surface area contributed by atoms with Crippen molar-refractivity contribution in [3.8, 4) is 0 Å². The number of carbonyl (C=O) groups is 2. The first-order valence-electron chi connectivity index (χ1n) is 10.2. The van der Waals surface area contributed by atoms with E-state index in [0.29, 0.717) is 31.7 Å². The van der Waals surface area contributed by atoms with Crippen LogP contribution in [0.2, 0.25) is 0 Å². The summed E-state index contributed by atoms with van der Waals surface area (Å²) in [6.07, 6.45) is 1.48. The Morgan fingerprint density at radius 1 is 1.10 bits per heavy atom. The van der Waals surface area contributed by atoms with Crippen molar-refractivity contribution in [2.75, 3.05) is 44.3 Å². The molecule has 0 bridgehead atoms. The molecule has 7 heteroatoms. The number of furan rings is 1. The van der Waals surface area contributed by atoms with Gasteiger partial charge >= 0.3 is 0 Å². The maximum absolute atomic E-state index is 12.7. The molecule has 1 atom stereocenters. The van der Waals surface area contributed by atoms with E-state index in [1.807, 2.05) is 31.2 Å². The minimum Gasteiger partial charge on any atom is -0.465 e. The second-order valence-electron chi connectivity index (χ2n) is 7.52. The van der Waals surface area contributed by atoms with Gasteiger partial charge in [-0.25, -0.2) is 0 Å². The molecular weight excluding hydrogens is 370 g/mol. The van der Waals surface area contributed by atoms with Gasteiger partial charge in [-0.1, -0.05) is 0 Å². The van der Waals surface area contributed by atoms with Gasteiger partial charge in [-0.3, -0.25) is 14.5 Å². The molecule has 4 rings (SSSR count). The molecule has 154 valence electrons. The third-order valence-electron chi connectivity index (χ3n) is 5.55. The van der Waals surface area contributed by atoms with E-state index in [-0.39, 0.29) is 17.9 Å². The number of anilines is 1. The van der Waals surface area contributed by atoms with Crippen LogP contribution in [-0.4, -0.2) is 56.1 Å². The van der Waals surface area contributed by atoms with Crippen LogP contribution in [0.3, 0.4) is 0 Å². The van der Waals surface area contributed by atoms with Crippen molar-refractivity contribution >= 4 is 17.5 Å². The summed E-state index contributed by atoms with van der Waals surface area (Å²) in [6, 6.07) is 11.1. The van der Waals surface area contributed by atoms with Gasteiger partial charge in [-0.15, -0.1) is 0 Å². The summed E-state index contributed by atoms with van der Waals surface area (Å²) in [5.74, 6) is 1.72. The highest BCUT2D eigenvalue weighted by atomic mass is 16.5. The maximum Gasteiger partial charge on any atom is 0.251 e. The molecule has 0 saturated carbocycles. The number of ether oxygens (including phenoxy) is 1. The highest BCUT2D eigenvalue weighted by Crippen LogP contribution is 2.24. The number of hydrogen-bond donors (Lipinski definition) is 1. The first-order valence-corrected chi connectivity index (χ1v) is 10.2. The second kappa shape index (κ2) is 8.80. The number of aryl methyl sites for hydroxylation is 1. The Balaban J connectivity index is 1.41. The van der Waals surface area contributed by atoms with Gasteiger partial charge in [0.15, 0.2) is 0 Å². The zero-order valence-corrected chi connectivity index (χ0v) is 16.7. The minimum absolute atomic E-state index is 0.0296. The quantitative estimate of drug-likeness (QED) is 0.811. The Bertz CT molecular complexity index is 855. The van der Waals surface area contributed by atoms with Gasteiger partial charge < -0.3 is 19.4 Å². The molecule has 2 aromatic rings. The van der Waals surface area contributed by atoms with E-state index in [9.17, 15) is 9.59 Å². The fraction of sp³-hybridized carbons (Fsp3) is 0.455. The van der Waals surface area contributed by atoms with E-state index < -0.39 is 0 Å². The molecule has 2 aliphatic heterocycles. The third kappa shape index (κ3) is 4.52. The summed E-state index contributed by atoms with van der Waals surface area (Å²) in [5, 5.41) is 3.04. The predicted molar refractivity (Wildman–Crippen MR) is 109 cm³/mol. The van der Waals surface area contributed by atoms with Gasteiger partial charge in [-0.2, -0.15) is 0 Å². The topological polar surface area (TPSA) is 75.0 Å². The lowest BCUT2D eigenvalue weighted by Crippen LogP contribution is -2.43. The molecule has 0 radical (unpaired) electrons. The van der Waals surface area contributed by atoms with Crippen molar-refractivity contribution in [3.63, 3.8) is 0 Å². The van der Waals surface area contributed by atoms with Crippen molar-refractivity contribution in [1.82, 2.24) is 10.2 Å². The molecule has 3 heterocycles. The first-order chi connectivity index (χ1) is 14.1. The second-order valence-corrected chi connectivity index (χ2v) is 7.52. The van der Waals surface area contributed by atoms with Crippen molar-refractivity contribution < 1.29 is 18.7 Å². The monoisotopic (exact) mass is 397 g/mol. The van der Waals surface area contributed by atoms with Crippen LogP contribution in [0.1, 0.15) is 40.8 Å². The molecule has 2 saturated heterocycles. The Morgan fingerprint density at radius 3 is 2.48 bits per heavy atom. The molecule has 2 aliphatic rings. The Labute approximate surface area is 170 Å². The van der Waals surface area contributed by atoms with E-state index in [0.717, 1.165) is 43.3 Å². The summed E-state index contributed by atoms with van der Waals surface area (Å²) >= 11 is 0. The van der Waals surface area contributed by atoms with Crippen LogP contribution in [0.25, 0.3) is 0 Å². The number of nitrogens with zero attached hydrogens (tertiary/aromatic N) is 2. The van der Waals surface area contributed by atoms with E-state index in [1.165, 1.54) is 0 Å². The SMILES string of the molecule is Cc1ccc([C@H](CNC(=O)c2ccc(N3CCCC3=O)cc2)N2CCOCC2)o1. The van der Waals surface area contributed by atoms with E-state index >= 15 is 0 Å². The fourth-order valence-electron chi connectivity index (χ4n) is 3.94. The third-order valence-corrected chi connectivity index (χ3v) is 5.55. The van der Waals surface area contributed by atoms with E-state index in [4.69, 9.17) is 9.15 Å². The number of amides is 2. The molecule has 1 aromatic heterocycles. The van der Waals surface area contributed by atoms with Crippen molar-refractivity contribution in [2.24, 2.45) is 0 Å². The van der Waals surface area contributed by atoms with Gasteiger partial charge in [0.1, 0.15) is 11.5 Å². The van der Waals surface area contributed by atoms with Crippen LogP contribution in [0, 0.1) is 6.92 Å². The number of rotatable bonds is 6. The fourth-order valence-corrected chi connectivity index (χ4v) is 3.94. The molecule has 0 spiro atoms. The number of carbonyl (C=O) groups excluding carboxylic acids is 2. The lowest BCUT2D eigenvalue weighted by atomic mass is 10.1. The zero-order chi connectivity index (χ0) is 20.2. The molecule has 0 aliphatic carbocycles. The van der Waals surface area contributed by atoms with Crippen LogP contribution in [-0.2, 0) is 9.53 Å². The molecule has 1 N–H and O–H groups in total. The highest BCUT2D eigenvalue weighted by Gasteiger charge is 2.26. The predicted octanol–water partition coefficient (Wildman–Crippen LogP) is 2.52. The minimum atomic E-state index is -0.133. The lowest BCUT2D eigenvalue weighted by Gasteiger charge is -2.33. The Morgan fingerprint density at radius 2 is 1.86 bits per heavy atom. The summed E-state index contributed by atoms with van der Waals surface area (Å²) in [6.45, 7) is 6.09. The van der Waals surface area contributed by atoms with E-state index in [2.05, 4.69) is 10.2 Å². The first kappa shape index (κ1) is 19.7. The normalized spacial score (nSPS) is 18.8. The van der Waals surface area contributed by atoms with Crippen LogP contribution >= 0.6 is 0 Å². The average molecular weight is 397 g/mol. The molecule has 1 aromatic carbocycles. The molecule has 2 amide bonds. The lowest BCUT2D eigenvalue weighted by molar-refractivity contribution is -0.117. The zero-order valence-electron chi connectivity index (χ0n) is 16.7. The number of nitrogens with one attached hydrogen (secondary N) is 1. The highest BCUT2D eigenvalue weighted by molar-refractivity contribution is 5.97. The van der Waals surface area contributed by atoms with Gasteiger partial charge in [0, 0.05) is 43.9 Å². The van der Waals surface area contributed by atoms with Gasteiger partial charge in [0.05, 0.1) is 19.3 Å². The van der Waals surface area contributed by atoms with Gasteiger partial charge in [0.2, 0.25) is 5.91 Å². The molecule has 2 fully saturated rings. The van der Waals surface area contributed by atoms with E-state index in [1.54, 1.807) is 17.0 Å². The number of hydrogen-bond acceptors (Lipinski definition) is 5. The van der Waals surface area contributed by atoms with Crippen molar-refractivity contribution in [2.45, 2.75) is 25.8 Å². The molecule has 7 nitrogen and oxygen atoms in total. The number of morpholine rings is 1.